The lowest BCUT2D eigenvalue weighted by Crippen LogP contribution is -2.16. The van der Waals surface area contributed by atoms with Crippen LogP contribution in [0.4, 0.5) is 0 Å². The number of furan rings is 1. The Morgan fingerprint density at radius 2 is 1.26 bits per heavy atom. The maximum absolute atomic E-state index is 8.60. The van der Waals surface area contributed by atoms with Crippen LogP contribution in [-0.2, 0) is 10.8 Å². The Hall–Kier alpha value is -3.32. The van der Waals surface area contributed by atoms with Crippen molar-refractivity contribution in [1.82, 2.24) is 0 Å². The van der Waals surface area contributed by atoms with Crippen molar-refractivity contribution in [2.75, 3.05) is 0 Å². The highest BCUT2D eigenvalue weighted by Gasteiger charge is 2.22. The lowest BCUT2D eigenvalue weighted by Gasteiger charge is -2.26. The van der Waals surface area contributed by atoms with Gasteiger partial charge in [-0.1, -0.05) is 108 Å². The highest BCUT2D eigenvalue weighted by atomic mass is 16.3. The van der Waals surface area contributed by atoms with E-state index in [9.17, 15) is 0 Å². The normalized spacial score (nSPS) is 14.6. The van der Waals surface area contributed by atoms with E-state index in [4.69, 9.17) is 11.3 Å². The van der Waals surface area contributed by atoms with Crippen LogP contribution in [0.25, 0.3) is 44.2 Å². The molecule has 0 spiro atoms. The largest absolute Gasteiger partial charge is 0.456 e. The van der Waals surface area contributed by atoms with Gasteiger partial charge in [0.05, 0.1) is 6.85 Å². The molecule has 1 nitrogen and oxygen atoms in total. The Labute approximate surface area is 210 Å². The van der Waals surface area contributed by atoms with Crippen molar-refractivity contribution in [2.45, 2.75) is 59.3 Å². The number of rotatable bonds is 2. The van der Waals surface area contributed by atoms with Gasteiger partial charge in [-0.25, -0.2) is 0 Å². The van der Waals surface area contributed by atoms with Gasteiger partial charge >= 0.3 is 0 Å². The minimum absolute atomic E-state index is 0.0233. The van der Waals surface area contributed by atoms with Gasteiger partial charge in [0.2, 0.25) is 0 Å². The summed E-state index contributed by atoms with van der Waals surface area (Å²) in [6.07, 6.45) is 0. The fourth-order valence-corrected chi connectivity index (χ4v) is 4.63. The predicted molar refractivity (Wildman–Crippen MR) is 147 cm³/mol. The van der Waals surface area contributed by atoms with Gasteiger partial charge in [-0.3, -0.25) is 0 Å². The van der Waals surface area contributed by atoms with Crippen molar-refractivity contribution in [3.05, 3.63) is 95.4 Å². The first-order valence-electron chi connectivity index (χ1n) is 14.3. The smallest absolute Gasteiger partial charge is 0.136 e. The second-order valence-corrected chi connectivity index (χ2v) is 11.2. The Kier molecular flexibility index (Phi) is 3.98. The molecule has 172 valence electrons. The molecule has 0 unspecified atom stereocenters. The molecule has 0 aliphatic rings. The molecule has 1 aromatic heterocycles. The highest BCUT2D eigenvalue weighted by molar-refractivity contribution is 6.15. The molecule has 5 rings (SSSR count). The summed E-state index contributed by atoms with van der Waals surface area (Å²) in [7, 11) is 0. The molecule has 1 heterocycles. The van der Waals surface area contributed by atoms with Gasteiger partial charge in [0.25, 0.3) is 0 Å². The van der Waals surface area contributed by atoms with Crippen LogP contribution in [0.1, 0.15) is 65.1 Å². The molecule has 0 N–H and O–H groups in total. The Bertz CT molecular complexity index is 1720. The third-order valence-electron chi connectivity index (χ3n) is 6.67. The lowest BCUT2D eigenvalue weighted by molar-refractivity contribution is 0.569. The summed E-state index contributed by atoms with van der Waals surface area (Å²) in [5.74, 6) is 0. The van der Waals surface area contributed by atoms with Gasteiger partial charge in [-0.2, -0.15) is 0 Å². The van der Waals surface area contributed by atoms with Gasteiger partial charge < -0.3 is 4.42 Å². The van der Waals surface area contributed by atoms with Crippen molar-refractivity contribution in [3.8, 4) is 22.3 Å². The quantitative estimate of drug-likeness (QED) is 0.260. The maximum Gasteiger partial charge on any atom is 0.136 e. The molecule has 0 saturated heterocycles. The van der Waals surface area contributed by atoms with Gasteiger partial charge in [0.15, 0.2) is 0 Å². The summed E-state index contributed by atoms with van der Waals surface area (Å²) < 4.78 is 47.9. The molecule has 0 atom stereocenters. The zero-order valence-electron chi connectivity index (χ0n) is 26.0. The summed E-state index contributed by atoms with van der Waals surface area (Å²) in [6, 6.07) is 14.9. The number of hydrogen-bond donors (Lipinski definition) is 0. The summed E-state index contributed by atoms with van der Waals surface area (Å²) in [5, 5.41) is 1.65. The second kappa shape index (κ2) is 7.87. The average molecular weight is 452 g/mol. The summed E-state index contributed by atoms with van der Waals surface area (Å²) in [6.45, 7) is 15.4. The van der Waals surface area contributed by atoms with Crippen LogP contribution >= 0.6 is 0 Å². The lowest BCUT2D eigenvalue weighted by atomic mass is 9.78. The topological polar surface area (TPSA) is 13.1 Å². The van der Waals surface area contributed by atoms with Crippen molar-refractivity contribution in [2.24, 2.45) is 0 Å². The van der Waals surface area contributed by atoms with E-state index >= 15 is 0 Å². The van der Waals surface area contributed by atoms with Crippen LogP contribution in [0.5, 0.6) is 0 Å². The van der Waals surface area contributed by atoms with Crippen LogP contribution in [-0.4, -0.2) is 0 Å². The molecule has 4 aromatic carbocycles. The molecule has 1 heteroatoms. The van der Waals surface area contributed by atoms with Crippen LogP contribution in [0, 0.1) is 6.92 Å². The average Bonchev–Trinajstić information content (AvgIpc) is 3.25. The van der Waals surface area contributed by atoms with Crippen LogP contribution in [0.3, 0.4) is 0 Å². The number of benzene rings is 4. The Morgan fingerprint density at radius 3 is 1.88 bits per heavy atom. The summed E-state index contributed by atoms with van der Waals surface area (Å²) >= 11 is 0. The van der Waals surface area contributed by atoms with E-state index in [2.05, 4.69) is 72.7 Å². The van der Waals surface area contributed by atoms with Crippen LogP contribution in [0.2, 0.25) is 0 Å². The first-order chi connectivity index (χ1) is 18.1. The van der Waals surface area contributed by atoms with Crippen LogP contribution < -0.4 is 0 Å². The summed E-state index contributed by atoms with van der Waals surface area (Å²) in [5.41, 5.74) is 7.79. The zero-order chi connectivity index (χ0) is 28.6. The molecule has 5 aromatic rings. The third kappa shape index (κ3) is 3.84. The fourth-order valence-electron chi connectivity index (χ4n) is 4.63. The molecule has 0 amide bonds. The SMILES string of the molecule is [2H]c1c([2H])c([2H])c(-c2cccc3oc4ccc(-c5cc(C(C)(C)C)cc(C(C)(C)C)c5)c(C)c4c23)c([2H])c1[2H]. The van der Waals surface area contributed by atoms with Crippen molar-refractivity contribution < 1.29 is 11.3 Å². The molecular weight excluding hydrogens is 412 g/mol. The van der Waals surface area contributed by atoms with E-state index < -0.39 is 6.04 Å². The van der Waals surface area contributed by atoms with Crippen molar-refractivity contribution >= 4 is 21.9 Å². The second-order valence-electron chi connectivity index (χ2n) is 11.2. The van der Waals surface area contributed by atoms with E-state index in [1.165, 1.54) is 11.1 Å². The Balaban J connectivity index is 1.87. The fraction of sp³-hybridized carbons (Fsp3) is 0.273. The third-order valence-corrected chi connectivity index (χ3v) is 6.67. The van der Waals surface area contributed by atoms with Gasteiger partial charge in [-0.15, -0.1) is 0 Å². The zero-order valence-corrected chi connectivity index (χ0v) is 21.0. The van der Waals surface area contributed by atoms with E-state index in [-0.39, 0.29) is 40.6 Å². The molecule has 0 radical (unpaired) electrons. The summed E-state index contributed by atoms with van der Waals surface area (Å²) in [4.78, 5) is 0. The maximum atomic E-state index is 8.60. The molecule has 0 bridgehead atoms. The van der Waals surface area contributed by atoms with Gasteiger partial charge in [0.1, 0.15) is 11.2 Å². The predicted octanol–water partition coefficient (Wildman–Crippen LogP) is 9.82. The number of aryl methyl sites for hydroxylation is 1. The van der Waals surface area contributed by atoms with Gasteiger partial charge in [0, 0.05) is 10.8 Å². The number of fused-ring (bicyclic) bond motifs is 3. The monoisotopic (exact) mass is 451 g/mol. The van der Waals surface area contributed by atoms with E-state index in [0.29, 0.717) is 16.7 Å². The first kappa shape index (κ1) is 17.2. The first-order valence-corrected chi connectivity index (χ1v) is 11.8. The molecule has 34 heavy (non-hydrogen) atoms. The molecule has 0 fully saturated rings. The minimum atomic E-state index is -0.398. The van der Waals surface area contributed by atoms with Gasteiger partial charge in [-0.05, 0) is 68.8 Å². The molecule has 0 aliphatic carbocycles. The number of hydrogen-bond acceptors (Lipinski definition) is 1. The van der Waals surface area contributed by atoms with E-state index in [1.807, 2.05) is 18.2 Å². The van der Waals surface area contributed by atoms with Crippen LogP contribution in [0.15, 0.2) is 83.2 Å². The van der Waals surface area contributed by atoms with E-state index in [1.54, 1.807) is 6.07 Å². The molecule has 0 aliphatic heterocycles. The standard InChI is InChI=1S/C33H34O/c1-21-26(23-18-24(32(2,3)4)20-25(19-23)33(5,6)7)16-17-29-30(21)31-27(14-11-15-28(31)34-29)22-12-9-8-10-13-22/h8-20H,1-7H3/i8D,9D,10D,12D,13D. The Morgan fingerprint density at radius 1 is 0.647 bits per heavy atom. The highest BCUT2D eigenvalue weighted by Crippen LogP contribution is 2.42. The minimum Gasteiger partial charge on any atom is -0.456 e. The van der Waals surface area contributed by atoms with Crippen molar-refractivity contribution in [1.29, 1.82) is 0 Å². The molecular formula is C33H34O. The van der Waals surface area contributed by atoms with E-state index in [0.717, 1.165) is 27.5 Å². The molecule has 0 saturated carbocycles. The van der Waals surface area contributed by atoms with Crippen molar-refractivity contribution in [3.63, 3.8) is 0 Å².